The molecule has 2 nitrogen and oxygen atoms in total. The van der Waals surface area contributed by atoms with Gasteiger partial charge in [0.2, 0.25) is 0 Å². The van der Waals surface area contributed by atoms with E-state index in [9.17, 15) is 4.79 Å². The van der Waals surface area contributed by atoms with Crippen LogP contribution in [0.2, 0.25) is 0 Å². The molecule has 0 aliphatic carbocycles. The molecule has 0 aliphatic heterocycles. The summed E-state index contributed by atoms with van der Waals surface area (Å²) in [4.78, 5) is 16.1. The van der Waals surface area contributed by atoms with Crippen molar-refractivity contribution in [2.75, 3.05) is 6.54 Å². The summed E-state index contributed by atoms with van der Waals surface area (Å²) in [6.45, 7) is 12.4. The lowest BCUT2D eigenvalue weighted by atomic mass is 10.2. The van der Waals surface area contributed by atoms with E-state index >= 15 is 0 Å². The Bertz CT molecular complexity index is 373. The zero-order chi connectivity index (χ0) is 12.3. The molecule has 0 aromatic carbocycles. The molecule has 0 atom stereocenters. The summed E-state index contributed by atoms with van der Waals surface area (Å²) in [6.07, 6.45) is 1.77. The standard InChI is InChI=1S/C13H19NOS/c1-6-7-14(9(2)3)13(15)12-8-10(4)11(5)16-12/h6,8-9H,1,7H2,2-5H3. The maximum atomic E-state index is 12.2. The second-order valence-corrected chi connectivity index (χ2v) is 5.45. The number of thiophene rings is 1. The molecule has 16 heavy (non-hydrogen) atoms. The van der Waals surface area contributed by atoms with Crippen LogP contribution in [-0.2, 0) is 0 Å². The Morgan fingerprint density at radius 2 is 2.19 bits per heavy atom. The third-order valence-corrected chi connectivity index (χ3v) is 3.73. The van der Waals surface area contributed by atoms with E-state index in [2.05, 4.69) is 6.58 Å². The van der Waals surface area contributed by atoms with Crippen molar-refractivity contribution in [3.05, 3.63) is 34.0 Å². The molecule has 0 N–H and O–H groups in total. The molecular formula is C13H19NOS. The Labute approximate surface area is 102 Å². The summed E-state index contributed by atoms with van der Waals surface area (Å²) < 4.78 is 0. The zero-order valence-electron chi connectivity index (χ0n) is 10.4. The zero-order valence-corrected chi connectivity index (χ0v) is 11.2. The normalized spacial score (nSPS) is 10.6. The van der Waals surface area contributed by atoms with Gasteiger partial charge in [-0.25, -0.2) is 0 Å². The summed E-state index contributed by atoms with van der Waals surface area (Å²) in [5.41, 5.74) is 1.19. The summed E-state index contributed by atoms with van der Waals surface area (Å²) in [5.74, 6) is 0.108. The molecule has 0 unspecified atom stereocenters. The third-order valence-electron chi connectivity index (χ3n) is 2.59. The third kappa shape index (κ3) is 2.73. The number of hydrogen-bond acceptors (Lipinski definition) is 2. The number of carbonyl (C=O) groups is 1. The lowest BCUT2D eigenvalue weighted by molar-refractivity contribution is 0.0733. The van der Waals surface area contributed by atoms with Gasteiger partial charge in [-0.3, -0.25) is 4.79 Å². The van der Waals surface area contributed by atoms with E-state index in [0.717, 1.165) is 4.88 Å². The van der Waals surface area contributed by atoms with Crippen LogP contribution in [0.15, 0.2) is 18.7 Å². The molecule has 1 aromatic heterocycles. The molecule has 0 aliphatic rings. The van der Waals surface area contributed by atoms with Crippen molar-refractivity contribution in [2.24, 2.45) is 0 Å². The maximum Gasteiger partial charge on any atom is 0.264 e. The molecule has 1 amide bonds. The molecule has 0 fully saturated rings. The molecular weight excluding hydrogens is 218 g/mol. The largest absolute Gasteiger partial charge is 0.332 e. The van der Waals surface area contributed by atoms with Crippen LogP contribution in [0.25, 0.3) is 0 Å². The fourth-order valence-electron chi connectivity index (χ4n) is 1.49. The summed E-state index contributed by atoms with van der Waals surface area (Å²) in [5, 5.41) is 0. The summed E-state index contributed by atoms with van der Waals surface area (Å²) >= 11 is 1.57. The molecule has 1 rings (SSSR count). The van der Waals surface area contributed by atoms with Gasteiger partial charge in [-0.05, 0) is 39.3 Å². The van der Waals surface area contributed by atoms with Crippen LogP contribution in [0, 0.1) is 13.8 Å². The molecule has 0 saturated heterocycles. The van der Waals surface area contributed by atoms with Crippen LogP contribution in [0.3, 0.4) is 0 Å². The Morgan fingerprint density at radius 3 is 2.56 bits per heavy atom. The highest BCUT2D eigenvalue weighted by Gasteiger charge is 2.19. The van der Waals surface area contributed by atoms with Gasteiger partial charge < -0.3 is 4.90 Å². The fourth-order valence-corrected chi connectivity index (χ4v) is 2.48. The molecule has 3 heteroatoms. The lowest BCUT2D eigenvalue weighted by Crippen LogP contribution is -2.36. The topological polar surface area (TPSA) is 20.3 Å². The smallest absolute Gasteiger partial charge is 0.264 e. The molecule has 0 spiro atoms. The Balaban J connectivity index is 2.94. The number of hydrogen-bond donors (Lipinski definition) is 0. The van der Waals surface area contributed by atoms with Gasteiger partial charge in [-0.1, -0.05) is 6.08 Å². The molecule has 1 aromatic rings. The van der Waals surface area contributed by atoms with Crippen molar-refractivity contribution in [3.63, 3.8) is 0 Å². The monoisotopic (exact) mass is 237 g/mol. The first-order chi connectivity index (χ1) is 7.47. The number of carbonyl (C=O) groups excluding carboxylic acids is 1. The summed E-state index contributed by atoms with van der Waals surface area (Å²) in [7, 11) is 0. The van der Waals surface area contributed by atoms with Crippen LogP contribution in [0.1, 0.15) is 34.0 Å². The fraction of sp³-hybridized carbons (Fsp3) is 0.462. The van der Waals surface area contributed by atoms with Gasteiger partial charge >= 0.3 is 0 Å². The van der Waals surface area contributed by atoms with Gasteiger partial charge in [0.05, 0.1) is 4.88 Å². The second-order valence-electron chi connectivity index (χ2n) is 4.19. The average Bonchev–Trinajstić information content (AvgIpc) is 2.54. The summed E-state index contributed by atoms with van der Waals surface area (Å²) in [6, 6.07) is 2.18. The molecule has 0 bridgehead atoms. The van der Waals surface area contributed by atoms with Gasteiger partial charge in [0.1, 0.15) is 0 Å². The Hall–Kier alpha value is -1.09. The molecule has 88 valence electrons. The predicted molar refractivity (Wildman–Crippen MR) is 70.2 cm³/mol. The van der Waals surface area contributed by atoms with Crippen LogP contribution in [0.4, 0.5) is 0 Å². The highest BCUT2D eigenvalue weighted by Crippen LogP contribution is 2.22. The molecule has 0 saturated carbocycles. The van der Waals surface area contributed by atoms with Crippen molar-refractivity contribution >= 4 is 17.2 Å². The van der Waals surface area contributed by atoms with E-state index in [0.29, 0.717) is 6.54 Å². The van der Waals surface area contributed by atoms with Gasteiger partial charge in [0, 0.05) is 17.5 Å². The first kappa shape index (κ1) is 13.0. The van der Waals surface area contributed by atoms with Gasteiger partial charge in [0.25, 0.3) is 5.91 Å². The SMILES string of the molecule is C=CCN(C(=O)c1cc(C)c(C)s1)C(C)C. The minimum Gasteiger partial charge on any atom is -0.332 e. The van der Waals surface area contributed by atoms with Crippen molar-refractivity contribution in [3.8, 4) is 0 Å². The maximum absolute atomic E-state index is 12.2. The van der Waals surface area contributed by atoms with Gasteiger partial charge in [-0.2, -0.15) is 0 Å². The predicted octanol–water partition coefficient (Wildman–Crippen LogP) is 3.40. The van der Waals surface area contributed by atoms with Crippen LogP contribution in [-0.4, -0.2) is 23.4 Å². The van der Waals surface area contributed by atoms with Gasteiger partial charge in [-0.15, -0.1) is 17.9 Å². The number of rotatable bonds is 4. The lowest BCUT2D eigenvalue weighted by Gasteiger charge is -2.24. The van der Waals surface area contributed by atoms with E-state index in [1.807, 2.05) is 38.7 Å². The van der Waals surface area contributed by atoms with Crippen molar-refractivity contribution in [2.45, 2.75) is 33.7 Å². The average molecular weight is 237 g/mol. The van der Waals surface area contributed by atoms with Crippen molar-refractivity contribution < 1.29 is 4.79 Å². The van der Waals surface area contributed by atoms with E-state index < -0.39 is 0 Å². The van der Waals surface area contributed by atoms with E-state index in [-0.39, 0.29) is 11.9 Å². The minimum absolute atomic E-state index is 0.108. The first-order valence-corrected chi connectivity index (χ1v) is 6.28. The molecule has 0 radical (unpaired) electrons. The number of nitrogens with zero attached hydrogens (tertiary/aromatic N) is 1. The number of aryl methyl sites for hydroxylation is 2. The van der Waals surface area contributed by atoms with Crippen LogP contribution in [0.5, 0.6) is 0 Å². The van der Waals surface area contributed by atoms with Gasteiger partial charge in [0.15, 0.2) is 0 Å². The molecule has 1 heterocycles. The quantitative estimate of drug-likeness (QED) is 0.735. The van der Waals surface area contributed by atoms with Crippen molar-refractivity contribution in [1.82, 2.24) is 4.90 Å². The Morgan fingerprint density at radius 1 is 1.56 bits per heavy atom. The van der Waals surface area contributed by atoms with E-state index in [1.54, 1.807) is 17.4 Å². The highest BCUT2D eigenvalue weighted by molar-refractivity contribution is 7.14. The van der Waals surface area contributed by atoms with E-state index in [1.165, 1.54) is 10.4 Å². The highest BCUT2D eigenvalue weighted by atomic mass is 32.1. The van der Waals surface area contributed by atoms with Crippen LogP contribution >= 0.6 is 11.3 Å². The second kappa shape index (κ2) is 5.30. The minimum atomic E-state index is 0.108. The first-order valence-electron chi connectivity index (χ1n) is 5.46. The van der Waals surface area contributed by atoms with E-state index in [4.69, 9.17) is 0 Å². The van der Waals surface area contributed by atoms with Crippen LogP contribution < -0.4 is 0 Å². The number of amides is 1. The van der Waals surface area contributed by atoms with Crippen molar-refractivity contribution in [1.29, 1.82) is 0 Å². The Kier molecular flexibility index (Phi) is 4.30.